The summed E-state index contributed by atoms with van der Waals surface area (Å²) in [6, 6.07) is 14.4. The van der Waals surface area contributed by atoms with Gasteiger partial charge in [-0.25, -0.2) is 9.97 Å². The van der Waals surface area contributed by atoms with Gasteiger partial charge in [0.05, 0.1) is 28.8 Å². The maximum Gasteiger partial charge on any atom is 0.138 e. The van der Waals surface area contributed by atoms with Crippen LogP contribution in [0.25, 0.3) is 60.7 Å². The number of anilines is 1. The van der Waals surface area contributed by atoms with E-state index in [0.717, 1.165) is 73.7 Å². The van der Waals surface area contributed by atoms with Crippen molar-refractivity contribution < 1.29 is 0 Å². The third-order valence-corrected chi connectivity index (χ3v) is 7.55. The molecule has 6 rings (SSSR count). The Balaban J connectivity index is 1.42. The number of nitrogens with one attached hydrogen (secondary N) is 3. The van der Waals surface area contributed by atoms with Crippen LogP contribution in [-0.4, -0.2) is 30.1 Å². The Bertz CT molecular complexity index is 1800. The Morgan fingerprint density at radius 3 is 2.78 bits per heavy atom. The molecule has 0 atom stereocenters. The number of rotatable bonds is 7. The minimum absolute atomic E-state index is 0.746. The van der Waals surface area contributed by atoms with Gasteiger partial charge >= 0.3 is 0 Å². The van der Waals surface area contributed by atoms with E-state index < -0.39 is 0 Å². The molecule has 0 saturated heterocycles. The molecule has 3 N–H and O–H groups in total. The van der Waals surface area contributed by atoms with Gasteiger partial charge in [-0.3, -0.25) is 10.1 Å². The third kappa shape index (κ3) is 4.21. The molecule has 8 heteroatoms. The van der Waals surface area contributed by atoms with Crippen LogP contribution in [0.4, 0.5) is 5.69 Å². The van der Waals surface area contributed by atoms with Crippen molar-refractivity contribution in [3.8, 4) is 33.1 Å². The molecule has 0 radical (unpaired) electrons. The van der Waals surface area contributed by atoms with Crippen molar-refractivity contribution in [1.82, 2.24) is 30.1 Å². The van der Waals surface area contributed by atoms with Crippen molar-refractivity contribution in [1.29, 1.82) is 0 Å². The molecule has 0 spiro atoms. The van der Waals surface area contributed by atoms with Crippen LogP contribution in [0.15, 0.2) is 79.9 Å². The van der Waals surface area contributed by atoms with Gasteiger partial charge < -0.3 is 10.3 Å². The molecule has 0 fully saturated rings. The lowest BCUT2D eigenvalue weighted by Crippen LogP contribution is -1.97. The summed E-state index contributed by atoms with van der Waals surface area (Å²) in [5, 5.41) is 12.0. The highest BCUT2D eigenvalue weighted by Crippen LogP contribution is 2.37. The molecule has 37 heavy (non-hydrogen) atoms. The Labute approximate surface area is 218 Å². The first-order chi connectivity index (χ1) is 18.0. The summed E-state index contributed by atoms with van der Waals surface area (Å²) in [6.45, 7) is 12.2. The van der Waals surface area contributed by atoms with Crippen molar-refractivity contribution in [2.45, 2.75) is 20.3 Å². The molecule has 0 unspecified atom stereocenters. The molecule has 182 valence electrons. The standard InChI is InChI=1S/C29H25N7S/c1-5-17(4)32-19-12-18(14-30-15-19)22-6-7-23-27(33-22)28(36-35-23)24-13-21-20(10-11-31-29(21)34-24)26-9-8-25(37-26)16(2)3/h6-15,32H,2,4-5H2,1,3H3,(H,31,34)(H,35,36). The van der Waals surface area contributed by atoms with Crippen LogP contribution in [0, 0.1) is 0 Å². The number of nitrogens with zero attached hydrogens (tertiary/aromatic N) is 4. The number of hydrogen-bond acceptors (Lipinski definition) is 6. The number of pyridine rings is 3. The summed E-state index contributed by atoms with van der Waals surface area (Å²) in [7, 11) is 0. The largest absolute Gasteiger partial charge is 0.358 e. The van der Waals surface area contributed by atoms with E-state index in [9.17, 15) is 0 Å². The summed E-state index contributed by atoms with van der Waals surface area (Å²) >= 11 is 1.73. The molecule has 0 saturated carbocycles. The quantitative estimate of drug-likeness (QED) is 0.208. The number of aromatic nitrogens is 6. The topological polar surface area (TPSA) is 95.2 Å². The van der Waals surface area contributed by atoms with Crippen molar-refractivity contribution in [2.24, 2.45) is 0 Å². The Kier molecular flexibility index (Phi) is 5.65. The highest BCUT2D eigenvalue weighted by atomic mass is 32.1. The highest BCUT2D eigenvalue weighted by molar-refractivity contribution is 7.16. The van der Waals surface area contributed by atoms with E-state index in [2.05, 4.69) is 68.7 Å². The zero-order valence-electron chi connectivity index (χ0n) is 20.6. The van der Waals surface area contributed by atoms with Crippen molar-refractivity contribution in [3.63, 3.8) is 0 Å². The van der Waals surface area contributed by atoms with Crippen LogP contribution in [0.3, 0.4) is 0 Å². The number of fused-ring (bicyclic) bond motifs is 2. The first-order valence-electron chi connectivity index (χ1n) is 12.0. The molecule has 0 aromatic carbocycles. The molecule has 0 aliphatic heterocycles. The number of hydrogen-bond donors (Lipinski definition) is 3. The molecule has 0 aliphatic carbocycles. The fraction of sp³-hybridized carbons (Fsp3) is 0.103. The second-order valence-corrected chi connectivity index (χ2v) is 10.0. The maximum absolute atomic E-state index is 4.96. The molecule has 6 heterocycles. The Morgan fingerprint density at radius 2 is 1.97 bits per heavy atom. The predicted molar refractivity (Wildman–Crippen MR) is 153 cm³/mol. The lowest BCUT2D eigenvalue weighted by atomic mass is 10.1. The third-order valence-electron chi connectivity index (χ3n) is 6.27. The minimum atomic E-state index is 0.746. The van der Waals surface area contributed by atoms with Gasteiger partial charge in [-0.1, -0.05) is 20.1 Å². The van der Waals surface area contributed by atoms with Gasteiger partial charge in [-0.2, -0.15) is 5.10 Å². The van der Waals surface area contributed by atoms with Crippen LogP contribution < -0.4 is 5.32 Å². The molecule has 6 aromatic heterocycles. The average molecular weight is 504 g/mol. The van der Waals surface area contributed by atoms with Gasteiger partial charge in [0.1, 0.15) is 16.9 Å². The fourth-order valence-electron chi connectivity index (χ4n) is 4.27. The molecule has 6 aromatic rings. The van der Waals surface area contributed by atoms with Crippen LogP contribution in [0.2, 0.25) is 0 Å². The van der Waals surface area contributed by atoms with Gasteiger partial charge in [0.2, 0.25) is 0 Å². The average Bonchev–Trinajstić information content (AvgIpc) is 3.66. The zero-order chi connectivity index (χ0) is 25.5. The molecule has 0 amide bonds. The van der Waals surface area contributed by atoms with E-state index in [-0.39, 0.29) is 0 Å². The number of thiophene rings is 1. The van der Waals surface area contributed by atoms with Crippen molar-refractivity contribution >= 4 is 44.7 Å². The molecule has 0 aliphatic rings. The monoisotopic (exact) mass is 503 g/mol. The summed E-state index contributed by atoms with van der Waals surface area (Å²) in [4.78, 5) is 19.7. The Hall–Kier alpha value is -4.56. The van der Waals surface area contributed by atoms with Gasteiger partial charge in [0, 0.05) is 44.4 Å². The fourth-order valence-corrected chi connectivity index (χ4v) is 5.24. The second-order valence-electron chi connectivity index (χ2n) is 8.96. The SMILES string of the molecule is C=C(CC)Nc1cncc(-c2ccc3[nH]nc(-c4cc5c(-c6ccc(C(=C)C)s6)ccnc5[nH]4)c3n2)c1. The summed E-state index contributed by atoms with van der Waals surface area (Å²) < 4.78 is 0. The van der Waals surface area contributed by atoms with Gasteiger partial charge in [0.25, 0.3) is 0 Å². The smallest absolute Gasteiger partial charge is 0.138 e. The van der Waals surface area contributed by atoms with E-state index in [1.165, 1.54) is 9.75 Å². The highest BCUT2D eigenvalue weighted by Gasteiger charge is 2.17. The maximum atomic E-state index is 4.96. The Morgan fingerprint density at radius 1 is 1.08 bits per heavy atom. The lowest BCUT2D eigenvalue weighted by molar-refractivity contribution is 1.11. The normalized spacial score (nSPS) is 11.3. The minimum Gasteiger partial charge on any atom is -0.358 e. The lowest BCUT2D eigenvalue weighted by Gasteiger charge is -2.08. The van der Waals surface area contributed by atoms with E-state index in [1.807, 2.05) is 43.6 Å². The number of allylic oxidation sites excluding steroid dienone is 2. The van der Waals surface area contributed by atoms with E-state index >= 15 is 0 Å². The predicted octanol–water partition coefficient (Wildman–Crippen LogP) is 7.66. The molecular formula is C29H25N7S. The summed E-state index contributed by atoms with van der Waals surface area (Å²) in [5.41, 5.74) is 9.79. The van der Waals surface area contributed by atoms with Gasteiger partial charge in [0.15, 0.2) is 0 Å². The van der Waals surface area contributed by atoms with Crippen LogP contribution in [0.1, 0.15) is 25.1 Å². The van der Waals surface area contributed by atoms with E-state index in [0.29, 0.717) is 0 Å². The van der Waals surface area contributed by atoms with Crippen molar-refractivity contribution in [2.75, 3.05) is 5.32 Å². The molecule has 7 nitrogen and oxygen atoms in total. The molecular weight excluding hydrogens is 478 g/mol. The second kappa shape index (κ2) is 9.15. The molecule has 0 bridgehead atoms. The first-order valence-corrected chi connectivity index (χ1v) is 12.8. The summed E-state index contributed by atoms with van der Waals surface area (Å²) in [5.74, 6) is 0. The zero-order valence-corrected chi connectivity index (χ0v) is 21.4. The van der Waals surface area contributed by atoms with Crippen LogP contribution in [0.5, 0.6) is 0 Å². The van der Waals surface area contributed by atoms with Crippen LogP contribution in [-0.2, 0) is 0 Å². The van der Waals surface area contributed by atoms with E-state index in [4.69, 9.17) is 4.98 Å². The van der Waals surface area contributed by atoms with E-state index in [1.54, 1.807) is 17.5 Å². The number of aromatic amines is 2. The van der Waals surface area contributed by atoms with Gasteiger partial charge in [-0.15, -0.1) is 11.3 Å². The number of H-pyrrole nitrogens is 2. The first kappa shape index (κ1) is 22.9. The van der Waals surface area contributed by atoms with Crippen LogP contribution >= 0.6 is 11.3 Å². The van der Waals surface area contributed by atoms with Gasteiger partial charge in [-0.05, 0) is 61.4 Å². The summed E-state index contributed by atoms with van der Waals surface area (Å²) in [6.07, 6.45) is 6.27. The van der Waals surface area contributed by atoms with Crippen molar-refractivity contribution in [3.05, 3.63) is 84.8 Å².